The van der Waals surface area contributed by atoms with Gasteiger partial charge < -0.3 is 18.9 Å². The number of aryl methyl sites for hydroxylation is 3. The molecule has 5 aromatic rings. The van der Waals surface area contributed by atoms with Crippen molar-refractivity contribution in [3.63, 3.8) is 0 Å². The number of nitrogens with zero attached hydrogens (tertiary/aromatic N) is 6. The third-order valence-corrected chi connectivity index (χ3v) is 7.94. The van der Waals surface area contributed by atoms with Gasteiger partial charge in [-0.05, 0) is 64.7 Å². The van der Waals surface area contributed by atoms with Crippen molar-refractivity contribution in [1.29, 1.82) is 0 Å². The number of rotatable bonds is 5. The molecule has 4 aromatic heterocycles. The zero-order chi connectivity index (χ0) is 26.8. The Bertz CT molecular complexity index is 1640. The lowest BCUT2D eigenvalue weighted by Crippen LogP contribution is -2.27. The van der Waals surface area contributed by atoms with Crippen LogP contribution in [0.4, 0.5) is 0 Å². The average molecular weight is 535 g/mol. The van der Waals surface area contributed by atoms with Crippen molar-refractivity contribution in [1.82, 2.24) is 29.7 Å². The molecule has 1 atom stereocenters. The summed E-state index contributed by atoms with van der Waals surface area (Å²) in [6.45, 7) is 8.77. The van der Waals surface area contributed by atoms with E-state index in [2.05, 4.69) is 26.1 Å². The minimum Gasteiger partial charge on any atom is -0.386 e. The van der Waals surface area contributed by atoms with Crippen LogP contribution in [0.15, 0.2) is 35.0 Å². The van der Waals surface area contributed by atoms with Gasteiger partial charge in [0.05, 0.1) is 44.6 Å². The van der Waals surface area contributed by atoms with Gasteiger partial charge >= 0.3 is 0 Å². The molecule has 5 heterocycles. The first-order chi connectivity index (χ1) is 18.1. The van der Waals surface area contributed by atoms with E-state index < -0.39 is 5.60 Å². The van der Waals surface area contributed by atoms with E-state index in [9.17, 15) is 5.11 Å². The van der Waals surface area contributed by atoms with Crippen LogP contribution in [-0.4, -0.2) is 48.0 Å². The largest absolute Gasteiger partial charge is 0.386 e. The molecule has 198 valence electrons. The van der Waals surface area contributed by atoms with Gasteiger partial charge in [0, 0.05) is 49.0 Å². The van der Waals surface area contributed by atoms with Crippen LogP contribution in [0.3, 0.4) is 0 Å². The van der Waals surface area contributed by atoms with Crippen molar-refractivity contribution in [3.8, 4) is 11.3 Å². The van der Waals surface area contributed by atoms with Gasteiger partial charge in [0.2, 0.25) is 0 Å². The van der Waals surface area contributed by atoms with Crippen LogP contribution >= 0.6 is 11.6 Å². The maximum absolute atomic E-state index is 10.9. The van der Waals surface area contributed by atoms with E-state index in [4.69, 9.17) is 25.8 Å². The zero-order valence-corrected chi connectivity index (χ0v) is 23.0. The number of fused-ring (bicyclic) bond motifs is 3. The normalized spacial score (nSPS) is 16.1. The van der Waals surface area contributed by atoms with Gasteiger partial charge in [-0.3, -0.25) is 4.98 Å². The Morgan fingerprint density at radius 2 is 1.87 bits per heavy atom. The molecule has 0 radical (unpaired) electrons. The van der Waals surface area contributed by atoms with E-state index in [0.29, 0.717) is 18.2 Å². The summed E-state index contributed by atoms with van der Waals surface area (Å²) < 4.78 is 15.4. The highest BCUT2D eigenvalue weighted by Gasteiger charge is 2.33. The topological polar surface area (TPSA) is 104 Å². The predicted octanol–water partition coefficient (Wildman–Crippen LogP) is 5.49. The van der Waals surface area contributed by atoms with E-state index in [0.717, 1.165) is 68.7 Å². The molecule has 9 nitrogen and oxygen atoms in total. The number of benzene rings is 1. The number of ether oxygens (including phenoxy) is 1. The number of aromatic nitrogens is 6. The predicted molar refractivity (Wildman–Crippen MR) is 145 cm³/mol. The van der Waals surface area contributed by atoms with Gasteiger partial charge in [-0.25, -0.2) is 4.68 Å². The first kappa shape index (κ1) is 25.0. The smallest absolute Gasteiger partial charge is 0.134 e. The highest BCUT2D eigenvalue weighted by atomic mass is 35.5. The van der Waals surface area contributed by atoms with Crippen LogP contribution in [0.25, 0.3) is 33.2 Å². The zero-order valence-electron chi connectivity index (χ0n) is 22.2. The molecular formula is C28H31ClN6O3. The number of halogens is 1. The second-order valence-electron chi connectivity index (χ2n) is 10.8. The molecule has 0 spiro atoms. The Kier molecular flexibility index (Phi) is 6.05. The minimum absolute atomic E-state index is 0.130. The third-order valence-electron chi connectivity index (χ3n) is 7.62. The molecule has 1 N–H and O–H groups in total. The molecule has 1 aromatic carbocycles. The van der Waals surface area contributed by atoms with E-state index in [1.165, 1.54) is 0 Å². The van der Waals surface area contributed by atoms with Crippen molar-refractivity contribution in [2.75, 3.05) is 13.2 Å². The second kappa shape index (κ2) is 9.18. The van der Waals surface area contributed by atoms with Gasteiger partial charge in [-0.15, -0.1) is 5.10 Å². The SMILES string of the molecule is Cc1cc(C(C2CCOCC2)n2c3cc(-c4c(C)nnn4C)c(Cl)cc3c3ncc(C(C)(C)O)cc32)no1. The molecule has 1 saturated heterocycles. The van der Waals surface area contributed by atoms with Crippen molar-refractivity contribution >= 4 is 33.5 Å². The number of hydrogen-bond acceptors (Lipinski definition) is 7. The van der Waals surface area contributed by atoms with Crippen molar-refractivity contribution in [2.45, 2.75) is 52.2 Å². The molecule has 1 unspecified atom stereocenters. The number of pyridine rings is 1. The Hall–Kier alpha value is -3.27. The second-order valence-corrected chi connectivity index (χ2v) is 11.2. The summed E-state index contributed by atoms with van der Waals surface area (Å²) in [6, 6.07) is 8.00. The lowest BCUT2D eigenvalue weighted by molar-refractivity contribution is 0.0543. The third kappa shape index (κ3) is 4.09. The molecular weight excluding hydrogens is 504 g/mol. The molecule has 6 rings (SSSR count). The van der Waals surface area contributed by atoms with E-state index >= 15 is 0 Å². The fourth-order valence-corrected chi connectivity index (χ4v) is 5.96. The van der Waals surface area contributed by atoms with E-state index in [1.54, 1.807) is 24.7 Å². The summed E-state index contributed by atoms with van der Waals surface area (Å²) in [5, 5.41) is 25.3. The summed E-state index contributed by atoms with van der Waals surface area (Å²) in [6.07, 6.45) is 3.52. The summed E-state index contributed by atoms with van der Waals surface area (Å²) in [7, 11) is 1.87. The van der Waals surface area contributed by atoms with Crippen LogP contribution in [0.2, 0.25) is 5.02 Å². The Balaban J connectivity index is 1.72. The average Bonchev–Trinajstić information content (AvgIpc) is 3.55. The van der Waals surface area contributed by atoms with Gasteiger partial charge in [0.25, 0.3) is 0 Å². The maximum Gasteiger partial charge on any atom is 0.134 e. The van der Waals surface area contributed by atoms with Gasteiger partial charge in [-0.2, -0.15) is 0 Å². The fourth-order valence-electron chi connectivity index (χ4n) is 5.71. The molecule has 10 heteroatoms. The number of hydrogen-bond donors (Lipinski definition) is 1. The van der Waals surface area contributed by atoms with Crippen molar-refractivity contribution in [2.24, 2.45) is 13.0 Å². The molecule has 0 bridgehead atoms. The van der Waals surface area contributed by atoms with E-state index in [-0.39, 0.29) is 12.0 Å². The van der Waals surface area contributed by atoms with E-state index in [1.807, 2.05) is 39.1 Å². The van der Waals surface area contributed by atoms with Gasteiger partial charge in [0.15, 0.2) is 0 Å². The molecule has 38 heavy (non-hydrogen) atoms. The fraction of sp³-hybridized carbons (Fsp3) is 0.429. The van der Waals surface area contributed by atoms with Crippen LogP contribution in [-0.2, 0) is 17.4 Å². The van der Waals surface area contributed by atoms with Crippen LogP contribution in [0, 0.1) is 19.8 Å². The summed E-state index contributed by atoms with van der Waals surface area (Å²) in [4.78, 5) is 4.85. The number of aliphatic hydroxyl groups is 1. The maximum atomic E-state index is 10.9. The molecule has 1 aliphatic rings. The highest BCUT2D eigenvalue weighted by Crippen LogP contribution is 2.43. The molecule has 1 aliphatic heterocycles. The Morgan fingerprint density at radius 1 is 1.11 bits per heavy atom. The molecule has 0 saturated carbocycles. The van der Waals surface area contributed by atoms with Crippen LogP contribution in [0.5, 0.6) is 0 Å². The van der Waals surface area contributed by atoms with Crippen LogP contribution < -0.4 is 0 Å². The van der Waals surface area contributed by atoms with Crippen molar-refractivity contribution < 1.29 is 14.4 Å². The monoisotopic (exact) mass is 534 g/mol. The molecule has 0 aliphatic carbocycles. The van der Waals surface area contributed by atoms with Crippen LogP contribution in [0.1, 0.15) is 55.4 Å². The quantitative estimate of drug-likeness (QED) is 0.318. The molecule has 0 amide bonds. The minimum atomic E-state index is -1.05. The highest BCUT2D eigenvalue weighted by molar-refractivity contribution is 6.34. The standard InChI is InChI=1S/C28H31ClN6O3/c1-15-10-22(32-38-15)27(17-6-8-37-9-7-17)35-23-13-19(26-16(2)31-33-34(26)5)21(29)12-20(23)25-24(35)11-18(14-30-25)28(3,4)36/h10-14,17,27,36H,6-9H2,1-5H3. The summed E-state index contributed by atoms with van der Waals surface area (Å²) in [5.41, 5.74) is 5.73. The van der Waals surface area contributed by atoms with Crippen molar-refractivity contribution in [3.05, 3.63) is 58.2 Å². The summed E-state index contributed by atoms with van der Waals surface area (Å²) in [5.74, 6) is 1.02. The first-order valence-electron chi connectivity index (χ1n) is 12.9. The Labute approximate surface area is 225 Å². The molecule has 1 fully saturated rings. The lowest BCUT2D eigenvalue weighted by atomic mass is 9.89. The lowest BCUT2D eigenvalue weighted by Gasteiger charge is -2.31. The first-order valence-corrected chi connectivity index (χ1v) is 13.2. The van der Waals surface area contributed by atoms with Gasteiger partial charge in [-0.1, -0.05) is 22.0 Å². The summed E-state index contributed by atoms with van der Waals surface area (Å²) >= 11 is 6.91. The Morgan fingerprint density at radius 3 is 2.50 bits per heavy atom. The van der Waals surface area contributed by atoms with Gasteiger partial charge in [0.1, 0.15) is 11.5 Å².